The third kappa shape index (κ3) is 49.3. The van der Waals surface area contributed by atoms with E-state index >= 15 is 0 Å². The van der Waals surface area contributed by atoms with Crippen molar-refractivity contribution in [2.75, 3.05) is 13.2 Å². The molecule has 0 spiro atoms. The number of unbranched alkanes of at least 4 members (excludes halogenated alkanes) is 31. The molecule has 1 atom stereocenters. The van der Waals surface area contributed by atoms with Crippen molar-refractivity contribution in [3.63, 3.8) is 0 Å². The number of rotatable bonds is 48. The molecular formula is C55H106O6. The van der Waals surface area contributed by atoms with Gasteiger partial charge in [0.1, 0.15) is 13.2 Å². The molecule has 0 aliphatic heterocycles. The van der Waals surface area contributed by atoms with Crippen LogP contribution >= 0.6 is 0 Å². The summed E-state index contributed by atoms with van der Waals surface area (Å²) in [5.41, 5.74) is 0. The molecule has 0 aliphatic rings. The maximum atomic E-state index is 12.8. The second-order valence-corrected chi connectivity index (χ2v) is 20.3. The van der Waals surface area contributed by atoms with Gasteiger partial charge in [-0.15, -0.1) is 0 Å². The van der Waals surface area contributed by atoms with E-state index in [1.165, 1.54) is 180 Å². The fourth-order valence-electron chi connectivity index (χ4n) is 8.29. The highest BCUT2D eigenvalue weighted by molar-refractivity contribution is 5.71. The molecule has 0 radical (unpaired) electrons. The number of ether oxygens (including phenoxy) is 3. The Kier molecular flexibility index (Phi) is 45.2. The summed E-state index contributed by atoms with van der Waals surface area (Å²) in [7, 11) is 0. The van der Waals surface area contributed by atoms with Crippen molar-refractivity contribution in [2.24, 2.45) is 17.8 Å². The van der Waals surface area contributed by atoms with E-state index in [4.69, 9.17) is 14.2 Å². The lowest BCUT2D eigenvalue weighted by molar-refractivity contribution is -0.167. The number of esters is 3. The normalized spacial score (nSPS) is 12.1. The molecule has 6 heteroatoms. The van der Waals surface area contributed by atoms with Gasteiger partial charge in [0, 0.05) is 19.3 Å². The quantitative estimate of drug-likeness (QED) is 0.0344. The Labute approximate surface area is 380 Å². The first-order valence-electron chi connectivity index (χ1n) is 27.1. The Bertz CT molecular complexity index is 945. The minimum Gasteiger partial charge on any atom is -0.462 e. The van der Waals surface area contributed by atoms with Crippen molar-refractivity contribution < 1.29 is 28.6 Å². The van der Waals surface area contributed by atoms with Gasteiger partial charge in [0.15, 0.2) is 6.10 Å². The molecule has 0 rings (SSSR count). The number of hydrogen-bond donors (Lipinski definition) is 0. The first kappa shape index (κ1) is 59.4. The van der Waals surface area contributed by atoms with Crippen LogP contribution in [0.25, 0.3) is 0 Å². The molecule has 0 aliphatic carbocycles. The molecule has 0 aromatic heterocycles. The lowest BCUT2D eigenvalue weighted by Crippen LogP contribution is -2.30. The first-order chi connectivity index (χ1) is 29.6. The van der Waals surface area contributed by atoms with Crippen molar-refractivity contribution in [1.82, 2.24) is 0 Å². The van der Waals surface area contributed by atoms with Gasteiger partial charge in [-0.05, 0) is 37.0 Å². The van der Waals surface area contributed by atoms with E-state index in [0.717, 1.165) is 75.5 Å². The van der Waals surface area contributed by atoms with Crippen LogP contribution in [0.5, 0.6) is 0 Å². The lowest BCUT2D eigenvalue weighted by Gasteiger charge is -2.18. The van der Waals surface area contributed by atoms with Gasteiger partial charge < -0.3 is 14.2 Å². The maximum absolute atomic E-state index is 12.8. The van der Waals surface area contributed by atoms with Crippen molar-refractivity contribution >= 4 is 17.9 Å². The van der Waals surface area contributed by atoms with E-state index < -0.39 is 6.10 Å². The van der Waals surface area contributed by atoms with E-state index in [-0.39, 0.29) is 31.1 Å². The smallest absolute Gasteiger partial charge is 0.306 e. The Morgan fingerprint density at radius 2 is 0.475 bits per heavy atom. The lowest BCUT2D eigenvalue weighted by atomic mass is 10.0. The third-order valence-electron chi connectivity index (χ3n) is 12.4. The summed E-state index contributed by atoms with van der Waals surface area (Å²) in [6.07, 6.45) is 46.6. The topological polar surface area (TPSA) is 78.9 Å². The average Bonchev–Trinajstić information content (AvgIpc) is 3.22. The fourth-order valence-corrected chi connectivity index (χ4v) is 8.29. The zero-order chi connectivity index (χ0) is 44.9. The Morgan fingerprint density at radius 1 is 0.279 bits per heavy atom. The van der Waals surface area contributed by atoms with Crippen LogP contribution in [0.3, 0.4) is 0 Å². The van der Waals surface area contributed by atoms with E-state index in [0.29, 0.717) is 19.3 Å². The van der Waals surface area contributed by atoms with Gasteiger partial charge in [-0.2, -0.15) is 0 Å². The molecule has 0 heterocycles. The Morgan fingerprint density at radius 3 is 0.705 bits per heavy atom. The van der Waals surface area contributed by atoms with Crippen LogP contribution in [0.1, 0.15) is 298 Å². The van der Waals surface area contributed by atoms with Gasteiger partial charge in [-0.25, -0.2) is 0 Å². The predicted octanol–water partition coefficient (Wildman–Crippen LogP) is 17.6. The zero-order valence-electron chi connectivity index (χ0n) is 42.0. The molecular weight excluding hydrogens is 757 g/mol. The molecule has 61 heavy (non-hydrogen) atoms. The molecule has 0 bridgehead atoms. The molecule has 6 nitrogen and oxygen atoms in total. The minimum absolute atomic E-state index is 0.0643. The highest BCUT2D eigenvalue weighted by atomic mass is 16.6. The fraction of sp³-hybridized carbons (Fsp3) is 0.945. The highest BCUT2D eigenvalue weighted by Crippen LogP contribution is 2.18. The van der Waals surface area contributed by atoms with Gasteiger partial charge in [-0.3, -0.25) is 14.4 Å². The number of carbonyl (C=O) groups is 3. The standard InChI is InChI=1S/C55H106O6/c1-49(2)41-35-29-23-17-12-9-7-8-10-14-20-26-32-38-44-53(56)59-47-52(48-60-54(57)45-39-33-27-22-16-19-25-31-37-43-51(5)6)61-55(58)46-40-34-28-21-15-11-13-18-24-30-36-42-50(3)4/h49-52H,7-48H2,1-6H3/t52-/m1/s1. The number of carbonyl (C=O) groups excluding carboxylic acids is 3. The SMILES string of the molecule is CC(C)CCCCCCCCCCCCCCCCC(=O)OC[C@H](COC(=O)CCCCCCCCCCCC(C)C)OC(=O)CCCCCCCCCCCCCC(C)C. The largest absolute Gasteiger partial charge is 0.462 e. The van der Waals surface area contributed by atoms with Crippen LogP contribution in [0, 0.1) is 17.8 Å². The summed E-state index contributed by atoms with van der Waals surface area (Å²) >= 11 is 0. The predicted molar refractivity (Wildman–Crippen MR) is 261 cm³/mol. The second-order valence-electron chi connectivity index (χ2n) is 20.3. The monoisotopic (exact) mass is 863 g/mol. The van der Waals surface area contributed by atoms with Crippen LogP contribution in [0.4, 0.5) is 0 Å². The average molecular weight is 863 g/mol. The van der Waals surface area contributed by atoms with Gasteiger partial charge >= 0.3 is 17.9 Å². The van der Waals surface area contributed by atoms with Gasteiger partial charge in [0.2, 0.25) is 0 Å². The number of hydrogen-bond acceptors (Lipinski definition) is 6. The zero-order valence-corrected chi connectivity index (χ0v) is 42.0. The summed E-state index contributed by atoms with van der Waals surface area (Å²) < 4.78 is 16.8. The van der Waals surface area contributed by atoms with Gasteiger partial charge in [0.25, 0.3) is 0 Å². The maximum Gasteiger partial charge on any atom is 0.306 e. The Balaban J connectivity index is 4.30. The van der Waals surface area contributed by atoms with E-state index in [2.05, 4.69) is 41.5 Å². The van der Waals surface area contributed by atoms with Crippen LogP contribution in [0.2, 0.25) is 0 Å². The molecule has 0 N–H and O–H groups in total. The van der Waals surface area contributed by atoms with E-state index in [1.54, 1.807) is 0 Å². The molecule has 0 fully saturated rings. The molecule has 0 unspecified atom stereocenters. The summed E-state index contributed by atoms with van der Waals surface area (Å²) in [5, 5.41) is 0. The van der Waals surface area contributed by atoms with Crippen LogP contribution in [-0.2, 0) is 28.6 Å². The summed E-state index contributed by atoms with van der Waals surface area (Å²) in [5.74, 6) is 1.63. The summed E-state index contributed by atoms with van der Waals surface area (Å²) in [4.78, 5) is 38.0. The second kappa shape index (κ2) is 46.4. The molecule has 0 aromatic carbocycles. The first-order valence-corrected chi connectivity index (χ1v) is 27.1. The molecule has 0 saturated heterocycles. The van der Waals surface area contributed by atoms with Crippen molar-refractivity contribution in [2.45, 2.75) is 304 Å². The molecule has 0 saturated carbocycles. The Hall–Kier alpha value is -1.59. The van der Waals surface area contributed by atoms with Crippen LogP contribution < -0.4 is 0 Å². The van der Waals surface area contributed by atoms with E-state index in [9.17, 15) is 14.4 Å². The molecule has 0 amide bonds. The molecule has 362 valence electrons. The van der Waals surface area contributed by atoms with Crippen molar-refractivity contribution in [1.29, 1.82) is 0 Å². The van der Waals surface area contributed by atoms with Gasteiger partial charge in [-0.1, -0.05) is 260 Å². The van der Waals surface area contributed by atoms with Gasteiger partial charge in [0.05, 0.1) is 0 Å². The van der Waals surface area contributed by atoms with Crippen molar-refractivity contribution in [3.05, 3.63) is 0 Å². The van der Waals surface area contributed by atoms with Crippen LogP contribution in [-0.4, -0.2) is 37.2 Å². The summed E-state index contributed by atoms with van der Waals surface area (Å²) in [6.45, 7) is 13.7. The highest BCUT2D eigenvalue weighted by Gasteiger charge is 2.19. The molecule has 0 aromatic rings. The van der Waals surface area contributed by atoms with Crippen molar-refractivity contribution in [3.8, 4) is 0 Å². The van der Waals surface area contributed by atoms with E-state index in [1.807, 2.05) is 0 Å². The summed E-state index contributed by atoms with van der Waals surface area (Å²) in [6, 6.07) is 0. The third-order valence-corrected chi connectivity index (χ3v) is 12.4. The minimum atomic E-state index is -0.763. The van der Waals surface area contributed by atoms with Crippen LogP contribution in [0.15, 0.2) is 0 Å².